The molecule has 0 aliphatic carbocycles. The van der Waals surface area contributed by atoms with Crippen molar-refractivity contribution in [3.05, 3.63) is 36.4 Å². The van der Waals surface area contributed by atoms with Crippen molar-refractivity contribution >= 4 is 23.7 Å². The van der Waals surface area contributed by atoms with Gasteiger partial charge < -0.3 is 42.5 Å². The van der Waals surface area contributed by atoms with Gasteiger partial charge in [-0.25, -0.2) is 14.8 Å². The van der Waals surface area contributed by atoms with Crippen LogP contribution in [0.15, 0.2) is 25.0 Å². The van der Waals surface area contributed by atoms with Crippen molar-refractivity contribution < 1.29 is 24.3 Å². The molecule has 0 aromatic carbocycles. The van der Waals surface area contributed by atoms with Crippen LogP contribution < -0.4 is 27.4 Å². The van der Waals surface area contributed by atoms with E-state index in [1.807, 2.05) is 0 Å². The molecule has 3 atom stereocenters. The van der Waals surface area contributed by atoms with Gasteiger partial charge in [0.25, 0.3) is 0 Å². The molecule has 2 rings (SSSR count). The van der Waals surface area contributed by atoms with Crippen molar-refractivity contribution in [2.24, 2.45) is 11.5 Å². The van der Waals surface area contributed by atoms with E-state index in [2.05, 4.69) is 35.9 Å². The summed E-state index contributed by atoms with van der Waals surface area (Å²) in [5, 5.41) is 16.7. The average molecular weight is 478 g/mol. The van der Waals surface area contributed by atoms with E-state index in [9.17, 15) is 24.3 Å². The summed E-state index contributed by atoms with van der Waals surface area (Å²) in [6.45, 7) is -0.0357. The number of hydrogen-bond acceptors (Lipinski definition) is 8. The number of carboxylic acids is 1. The van der Waals surface area contributed by atoms with Crippen molar-refractivity contribution in [3.63, 3.8) is 0 Å². The first kappa shape index (κ1) is 26.5. The second kappa shape index (κ2) is 13.7. The van der Waals surface area contributed by atoms with Crippen molar-refractivity contribution in [2.45, 2.75) is 50.2 Å². The summed E-state index contributed by atoms with van der Waals surface area (Å²) in [6.07, 6.45) is 7.60. The normalized spacial score (nSPS) is 13.5. The minimum atomic E-state index is -1.23. The predicted octanol–water partition coefficient (Wildman–Crippen LogP) is -2.46. The quantitative estimate of drug-likeness (QED) is 0.127. The highest BCUT2D eigenvalue weighted by molar-refractivity contribution is 5.92. The third kappa shape index (κ3) is 8.99. The molecule has 14 heteroatoms. The number of carbonyl (C=O) groups is 4. The van der Waals surface area contributed by atoms with E-state index in [1.165, 1.54) is 18.9 Å². The number of aromatic amines is 2. The molecular formula is C20H31N9O5. The molecule has 0 saturated heterocycles. The highest BCUT2D eigenvalue weighted by atomic mass is 16.4. The van der Waals surface area contributed by atoms with Crippen LogP contribution in [0.3, 0.4) is 0 Å². The SMILES string of the molecule is NCCCCC(NC(=O)C(N)Cc1cnc[nH]1)C(=O)NCC(=O)NC(Cc1cnc[nH]1)C(=O)O. The Hall–Kier alpha value is -3.78. The van der Waals surface area contributed by atoms with Crippen molar-refractivity contribution in [2.75, 3.05) is 13.1 Å². The molecule has 14 nitrogen and oxygen atoms in total. The first-order chi connectivity index (χ1) is 16.3. The molecule has 186 valence electrons. The first-order valence-corrected chi connectivity index (χ1v) is 10.8. The molecule has 0 aliphatic rings. The maximum Gasteiger partial charge on any atom is 0.326 e. The number of nitrogens with two attached hydrogens (primary N) is 2. The van der Waals surface area contributed by atoms with Crippen LogP contribution in [0.2, 0.25) is 0 Å². The average Bonchev–Trinajstić information content (AvgIpc) is 3.50. The number of aliphatic carboxylic acids is 1. The van der Waals surface area contributed by atoms with Crippen LogP contribution in [-0.2, 0) is 32.0 Å². The smallest absolute Gasteiger partial charge is 0.326 e. The summed E-state index contributed by atoms with van der Waals surface area (Å²) in [7, 11) is 0. The molecule has 2 heterocycles. The monoisotopic (exact) mass is 477 g/mol. The third-order valence-electron chi connectivity index (χ3n) is 4.95. The molecule has 3 unspecified atom stereocenters. The van der Waals surface area contributed by atoms with E-state index in [1.54, 1.807) is 6.20 Å². The summed E-state index contributed by atoms with van der Waals surface area (Å²) in [4.78, 5) is 62.1. The van der Waals surface area contributed by atoms with Gasteiger partial charge in [-0.15, -0.1) is 0 Å². The number of hydrogen-bond donors (Lipinski definition) is 8. The highest BCUT2D eigenvalue weighted by Crippen LogP contribution is 2.03. The van der Waals surface area contributed by atoms with Crippen LogP contribution in [0, 0.1) is 0 Å². The van der Waals surface area contributed by atoms with Crippen LogP contribution in [0.1, 0.15) is 30.7 Å². The van der Waals surface area contributed by atoms with Crippen LogP contribution in [0.25, 0.3) is 0 Å². The van der Waals surface area contributed by atoms with E-state index < -0.39 is 48.4 Å². The molecule has 10 N–H and O–H groups in total. The van der Waals surface area contributed by atoms with E-state index in [0.29, 0.717) is 37.2 Å². The topological polar surface area (TPSA) is 234 Å². The lowest BCUT2D eigenvalue weighted by atomic mass is 10.1. The largest absolute Gasteiger partial charge is 0.480 e. The zero-order valence-corrected chi connectivity index (χ0v) is 18.6. The number of rotatable bonds is 15. The van der Waals surface area contributed by atoms with Crippen LogP contribution in [0.5, 0.6) is 0 Å². The Morgan fingerprint density at radius 1 is 0.941 bits per heavy atom. The van der Waals surface area contributed by atoms with Crippen LogP contribution in [-0.4, -0.2) is 79.9 Å². The minimum absolute atomic E-state index is 0.00100. The summed E-state index contributed by atoms with van der Waals surface area (Å²) in [5.74, 6) is -3.04. The Balaban J connectivity index is 1.89. The molecule has 2 aromatic rings. The Labute approximate surface area is 195 Å². The highest BCUT2D eigenvalue weighted by Gasteiger charge is 2.25. The van der Waals surface area contributed by atoms with E-state index in [-0.39, 0.29) is 12.8 Å². The third-order valence-corrected chi connectivity index (χ3v) is 4.95. The van der Waals surface area contributed by atoms with Gasteiger partial charge in [0.15, 0.2) is 0 Å². The molecule has 0 spiro atoms. The standard InChI is InChI=1S/C20H31N9O5/c21-4-2-1-3-15(29-18(31)14(22)5-12-7-23-10-26-12)19(32)25-9-17(30)28-16(20(33)34)6-13-8-24-11-27-13/h7-8,10-11,14-16H,1-6,9,21-22H2,(H,23,26)(H,24,27)(H,25,32)(H,28,30)(H,29,31)(H,33,34). The number of imidazole rings is 2. The van der Waals surface area contributed by atoms with E-state index in [4.69, 9.17) is 11.5 Å². The fraction of sp³-hybridized carbons (Fsp3) is 0.500. The van der Waals surface area contributed by atoms with E-state index in [0.717, 1.165) is 0 Å². The molecule has 34 heavy (non-hydrogen) atoms. The van der Waals surface area contributed by atoms with Gasteiger partial charge in [-0.1, -0.05) is 0 Å². The Kier molecular flexibility index (Phi) is 10.7. The van der Waals surface area contributed by atoms with Crippen molar-refractivity contribution in [3.8, 4) is 0 Å². The molecule has 0 bridgehead atoms. The Morgan fingerprint density at radius 2 is 1.59 bits per heavy atom. The molecular weight excluding hydrogens is 446 g/mol. The summed E-state index contributed by atoms with van der Waals surface area (Å²) >= 11 is 0. The predicted molar refractivity (Wildman–Crippen MR) is 120 cm³/mol. The number of H-pyrrole nitrogens is 2. The van der Waals surface area contributed by atoms with Crippen LogP contribution in [0.4, 0.5) is 0 Å². The molecule has 3 amide bonds. The van der Waals surface area contributed by atoms with Gasteiger partial charge in [-0.3, -0.25) is 14.4 Å². The number of aromatic nitrogens is 4. The lowest BCUT2D eigenvalue weighted by molar-refractivity contribution is -0.141. The zero-order valence-electron chi connectivity index (χ0n) is 18.6. The van der Waals surface area contributed by atoms with Gasteiger partial charge in [0, 0.05) is 36.6 Å². The molecule has 2 aromatic heterocycles. The lowest BCUT2D eigenvalue weighted by Crippen LogP contribution is -2.54. The molecule has 0 fully saturated rings. The van der Waals surface area contributed by atoms with E-state index >= 15 is 0 Å². The molecule has 0 radical (unpaired) electrons. The van der Waals surface area contributed by atoms with Gasteiger partial charge in [-0.2, -0.15) is 0 Å². The molecule has 0 saturated carbocycles. The van der Waals surface area contributed by atoms with Crippen LogP contribution >= 0.6 is 0 Å². The van der Waals surface area contributed by atoms with Crippen molar-refractivity contribution in [1.82, 2.24) is 35.9 Å². The summed E-state index contributed by atoms with van der Waals surface area (Å²) in [5.41, 5.74) is 12.6. The number of carboxylic acid groups (broad SMARTS) is 1. The lowest BCUT2D eigenvalue weighted by Gasteiger charge is -2.21. The number of carbonyl (C=O) groups excluding carboxylic acids is 3. The second-order valence-electron chi connectivity index (χ2n) is 7.69. The second-order valence-corrected chi connectivity index (χ2v) is 7.69. The number of nitrogens with one attached hydrogen (secondary N) is 5. The fourth-order valence-electron chi connectivity index (χ4n) is 3.12. The number of amides is 3. The number of unbranched alkanes of at least 4 members (excludes halogenated alkanes) is 1. The van der Waals surface area contributed by atoms with Gasteiger partial charge in [0.1, 0.15) is 12.1 Å². The maximum atomic E-state index is 12.7. The van der Waals surface area contributed by atoms with Crippen molar-refractivity contribution in [1.29, 1.82) is 0 Å². The van der Waals surface area contributed by atoms with Gasteiger partial charge >= 0.3 is 5.97 Å². The Morgan fingerprint density at radius 3 is 2.15 bits per heavy atom. The van der Waals surface area contributed by atoms with Gasteiger partial charge in [-0.05, 0) is 25.8 Å². The summed E-state index contributed by atoms with van der Waals surface area (Å²) < 4.78 is 0. The van der Waals surface area contributed by atoms with Gasteiger partial charge in [0.05, 0.1) is 25.2 Å². The maximum absolute atomic E-state index is 12.7. The Bertz CT molecular complexity index is 917. The zero-order chi connectivity index (χ0) is 24.9. The minimum Gasteiger partial charge on any atom is -0.480 e. The molecule has 0 aliphatic heterocycles. The van der Waals surface area contributed by atoms with Gasteiger partial charge in [0.2, 0.25) is 17.7 Å². The number of nitrogens with zero attached hydrogens (tertiary/aromatic N) is 2. The summed E-state index contributed by atoms with van der Waals surface area (Å²) in [6, 6.07) is -3.04. The fourth-order valence-corrected chi connectivity index (χ4v) is 3.12. The first-order valence-electron chi connectivity index (χ1n) is 10.8.